The van der Waals surface area contributed by atoms with Crippen molar-refractivity contribution < 1.29 is 17.2 Å². The van der Waals surface area contributed by atoms with Gasteiger partial charge in [-0.05, 0) is 25.1 Å². The van der Waals surface area contributed by atoms with Crippen molar-refractivity contribution in [3.05, 3.63) is 29.8 Å². The summed E-state index contributed by atoms with van der Waals surface area (Å²) in [5.41, 5.74) is -0.238. The highest BCUT2D eigenvalue weighted by Gasteiger charge is 2.13. The standard InChI is InChI=1S/C12H18F2N2O2S/c1-9(2)15-6-3-7-19(17,18)16-12-5-4-10(13)8-11(12)14/h4-5,8-9,15-16H,3,6-7H2,1-2H3. The number of sulfonamides is 1. The molecule has 0 bridgehead atoms. The van der Waals surface area contributed by atoms with E-state index in [0.717, 1.165) is 12.1 Å². The third kappa shape index (κ3) is 5.98. The van der Waals surface area contributed by atoms with Crippen LogP contribution in [0.15, 0.2) is 18.2 Å². The van der Waals surface area contributed by atoms with Gasteiger partial charge in [-0.1, -0.05) is 13.8 Å². The number of nitrogens with one attached hydrogen (secondary N) is 2. The molecule has 0 saturated carbocycles. The van der Waals surface area contributed by atoms with E-state index in [1.165, 1.54) is 0 Å². The molecule has 0 aliphatic carbocycles. The molecule has 0 atom stereocenters. The van der Waals surface area contributed by atoms with Crippen molar-refractivity contribution in [1.82, 2.24) is 5.32 Å². The second kappa shape index (κ2) is 6.81. The number of anilines is 1. The third-order valence-corrected chi connectivity index (χ3v) is 3.70. The molecule has 0 radical (unpaired) electrons. The van der Waals surface area contributed by atoms with Crippen molar-refractivity contribution >= 4 is 15.7 Å². The van der Waals surface area contributed by atoms with Crippen LogP contribution in [-0.2, 0) is 10.0 Å². The highest BCUT2D eigenvalue weighted by molar-refractivity contribution is 7.92. The lowest BCUT2D eigenvalue weighted by Gasteiger charge is -2.10. The Morgan fingerprint density at radius 1 is 1.26 bits per heavy atom. The number of hydrogen-bond donors (Lipinski definition) is 2. The Bertz CT molecular complexity index is 518. The van der Waals surface area contributed by atoms with E-state index < -0.39 is 21.7 Å². The van der Waals surface area contributed by atoms with Gasteiger partial charge in [-0.15, -0.1) is 0 Å². The Morgan fingerprint density at radius 3 is 2.53 bits per heavy atom. The number of hydrogen-bond acceptors (Lipinski definition) is 3. The van der Waals surface area contributed by atoms with Crippen LogP contribution in [-0.4, -0.2) is 26.8 Å². The van der Waals surface area contributed by atoms with Crippen LogP contribution in [0.25, 0.3) is 0 Å². The summed E-state index contributed by atoms with van der Waals surface area (Å²) < 4.78 is 51.4. The molecule has 1 aromatic carbocycles. The molecular formula is C12H18F2N2O2S. The van der Waals surface area contributed by atoms with Gasteiger partial charge in [-0.2, -0.15) is 0 Å². The molecule has 0 heterocycles. The molecule has 4 nitrogen and oxygen atoms in total. The molecule has 2 N–H and O–H groups in total. The number of benzene rings is 1. The first-order valence-electron chi connectivity index (χ1n) is 5.99. The fourth-order valence-corrected chi connectivity index (χ4v) is 2.57. The molecule has 0 amide bonds. The van der Waals surface area contributed by atoms with Crippen LogP contribution in [0.3, 0.4) is 0 Å². The van der Waals surface area contributed by atoms with Gasteiger partial charge in [0.05, 0.1) is 11.4 Å². The molecule has 0 unspecified atom stereocenters. The molecule has 0 saturated heterocycles. The minimum Gasteiger partial charge on any atom is -0.314 e. The van der Waals surface area contributed by atoms with Crippen molar-refractivity contribution in [2.24, 2.45) is 0 Å². The summed E-state index contributed by atoms with van der Waals surface area (Å²) >= 11 is 0. The Morgan fingerprint density at radius 2 is 1.95 bits per heavy atom. The summed E-state index contributed by atoms with van der Waals surface area (Å²) in [6, 6.07) is 2.98. The minimum atomic E-state index is -3.62. The van der Waals surface area contributed by atoms with E-state index in [0.29, 0.717) is 19.0 Å². The monoisotopic (exact) mass is 292 g/mol. The van der Waals surface area contributed by atoms with Gasteiger partial charge in [0.2, 0.25) is 10.0 Å². The normalized spacial score (nSPS) is 11.8. The predicted octanol–water partition coefficient (Wildman–Crippen LogP) is 2.09. The lowest BCUT2D eigenvalue weighted by molar-refractivity contribution is 0.569. The van der Waals surface area contributed by atoms with Crippen LogP contribution in [0.2, 0.25) is 0 Å². The molecule has 108 valence electrons. The van der Waals surface area contributed by atoms with Crippen molar-refractivity contribution in [3.8, 4) is 0 Å². The van der Waals surface area contributed by atoms with Gasteiger partial charge in [0.25, 0.3) is 0 Å². The quantitative estimate of drug-likeness (QED) is 0.757. The third-order valence-electron chi connectivity index (χ3n) is 2.34. The van der Waals surface area contributed by atoms with Gasteiger partial charge < -0.3 is 5.32 Å². The van der Waals surface area contributed by atoms with Crippen LogP contribution in [0.1, 0.15) is 20.3 Å². The van der Waals surface area contributed by atoms with E-state index in [1.54, 1.807) is 0 Å². The molecule has 0 aliphatic heterocycles. The van der Waals surface area contributed by atoms with Crippen LogP contribution in [0, 0.1) is 11.6 Å². The average Bonchev–Trinajstić information content (AvgIpc) is 2.28. The molecule has 1 aromatic rings. The first-order chi connectivity index (χ1) is 8.80. The Hall–Kier alpha value is -1.21. The zero-order chi connectivity index (χ0) is 14.5. The first kappa shape index (κ1) is 15.8. The average molecular weight is 292 g/mol. The second-order valence-electron chi connectivity index (χ2n) is 4.51. The number of halogens is 2. The van der Waals surface area contributed by atoms with Gasteiger partial charge in [0.15, 0.2) is 0 Å². The molecule has 19 heavy (non-hydrogen) atoms. The molecule has 0 aliphatic rings. The fourth-order valence-electron chi connectivity index (χ4n) is 1.44. The summed E-state index contributed by atoms with van der Waals surface area (Å²) in [6.07, 6.45) is 0.413. The highest BCUT2D eigenvalue weighted by Crippen LogP contribution is 2.16. The Labute approximate surface area is 112 Å². The van der Waals surface area contributed by atoms with Crippen LogP contribution in [0.5, 0.6) is 0 Å². The van der Waals surface area contributed by atoms with Gasteiger partial charge in [0, 0.05) is 12.1 Å². The Kier molecular flexibility index (Phi) is 5.68. The fraction of sp³-hybridized carbons (Fsp3) is 0.500. The zero-order valence-corrected chi connectivity index (χ0v) is 11.7. The van der Waals surface area contributed by atoms with Gasteiger partial charge in [0.1, 0.15) is 11.6 Å². The summed E-state index contributed by atoms with van der Waals surface area (Å²) in [5.74, 6) is -1.80. The van der Waals surface area contributed by atoms with Gasteiger partial charge in [-0.3, -0.25) is 4.72 Å². The van der Waals surface area contributed by atoms with E-state index in [-0.39, 0.29) is 17.5 Å². The maximum Gasteiger partial charge on any atom is 0.232 e. The van der Waals surface area contributed by atoms with Gasteiger partial charge in [-0.25, -0.2) is 17.2 Å². The van der Waals surface area contributed by atoms with Crippen molar-refractivity contribution in [1.29, 1.82) is 0 Å². The van der Waals surface area contributed by atoms with Crippen LogP contribution >= 0.6 is 0 Å². The van der Waals surface area contributed by atoms with E-state index in [1.807, 2.05) is 13.8 Å². The Balaban J connectivity index is 2.54. The number of rotatable bonds is 7. The zero-order valence-electron chi connectivity index (χ0n) is 10.9. The first-order valence-corrected chi connectivity index (χ1v) is 7.64. The lowest BCUT2D eigenvalue weighted by atomic mass is 10.3. The van der Waals surface area contributed by atoms with E-state index in [2.05, 4.69) is 10.0 Å². The summed E-state index contributed by atoms with van der Waals surface area (Å²) in [5, 5.41) is 3.08. The van der Waals surface area contributed by atoms with Crippen molar-refractivity contribution in [2.75, 3.05) is 17.0 Å². The van der Waals surface area contributed by atoms with E-state index >= 15 is 0 Å². The molecule has 0 aromatic heterocycles. The van der Waals surface area contributed by atoms with Gasteiger partial charge >= 0.3 is 0 Å². The summed E-state index contributed by atoms with van der Waals surface area (Å²) in [4.78, 5) is 0. The predicted molar refractivity (Wildman–Crippen MR) is 71.5 cm³/mol. The summed E-state index contributed by atoms with van der Waals surface area (Å²) in [7, 11) is -3.62. The van der Waals surface area contributed by atoms with Crippen molar-refractivity contribution in [2.45, 2.75) is 26.3 Å². The largest absolute Gasteiger partial charge is 0.314 e. The van der Waals surface area contributed by atoms with E-state index in [9.17, 15) is 17.2 Å². The molecule has 7 heteroatoms. The lowest BCUT2D eigenvalue weighted by Crippen LogP contribution is -2.26. The minimum absolute atomic E-state index is 0.121. The molecular weight excluding hydrogens is 274 g/mol. The topological polar surface area (TPSA) is 58.2 Å². The molecule has 0 spiro atoms. The van der Waals surface area contributed by atoms with E-state index in [4.69, 9.17) is 0 Å². The maximum atomic E-state index is 13.3. The van der Waals surface area contributed by atoms with Crippen LogP contribution < -0.4 is 10.0 Å². The van der Waals surface area contributed by atoms with Crippen molar-refractivity contribution in [3.63, 3.8) is 0 Å². The molecule has 0 fully saturated rings. The smallest absolute Gasteiger partial charge is 0.232 e. The maximum absolute atomic E-state index is 13.3. The van der Waals surface area contributed by atoms with Crippen LogP contribution in [0.4, 0.5) is 14.5 Å². The SMILES string of the molecule is CC(C)NCCCS(=O)(=O)Nc1ccc(F)cc1F. The summed E-state index contributed by atoms with van der Waals surface area (Å²) in [6.45, 7) is 4.48. The highest BCUT2D eigenvalue weighted by atomic mass is 32.2. The molecule has 1 rings (SSSR count). The second-order valence-corrected chi connectivity index (χ2v) is 6.35.